The summed E-state index contributed by atoms with van der Waals surface area (Å²) in [6, 6.07) is 0. The molecule has 5 heteroatoms. The lowest BCUT2D eigenvalue weighted by atomic mass is 9.64. The number of carbonyl (C=O) groups excluding carboxylic acids is 2. The van der Waals surface area contributed by atoms with Crippen molar-refractivity contribution < 1.29 is 24.2 Å². The molecule has 1 aliphatic carbocycles. The minimum atomic E-state index is -0.714. The Morgan fingerprint density at radius 1 is 1.43 bits per heavy atom. The van der Waals surface area contributed by atoms with Gasteiger partial charge in [-0.05, 0) is 31.4 Å². The van der Waals surface area contributed by atoms with Crippen LogP contribution in [0.1, 0.15) is 47.5 Å². The number of aliphatic hydroxyl groups is 1. The van der Waals surface area contributed by atoms with E-state index >= 15 is 0 Å². The molecule has 0 aromatic carbocycles. The molecule has 0 aromatic rings. The van der Waals surface area contributed by atoms with Gasteiger partial charge in [-0.2, -0.15) is 0 Å². The van der Waals surface area contributed by atoms with E-state index in [4.69, 9.17) is 9.47 Å². The molecule has 2 aliphatic rings. The Balaban J connectivity index is 0.00000127. The van der Waals surface area contributed by atoms with Crippen molar-refractivity contribution in [2.45, 2.75) is 65.8 Å². The molecule has 1 fully saturated rings. The van der Waals surface area contributed by atoms with Crippen molar-refractivity contribution in [3.63, 3.8) is 0 Å². The average molecular weight is 326 g/mol. The molecular weight excluding hydrogens is 296 g/mol. The smallest absolute Gasteiger partial charge is 0.164 e. The van der Waals surface area contributed by atoms with Crippen molar-refractivity contribution in [1.29, 1.82) is 0 Å². The topological polar surface area (TPSA) is 72.8 Å². The quantitative estimate of drug-likeness (QED) is 0.861. The maximum Gasteiger partial charge on any atom is 0.164 e. The summed E-state index contributed by atoms with van der Waals surface area (Å²) in [6.07, 6.45) is 0.809. The van der Waals surface area contributed by atoms with Gasteiger partial charge in [-0.15, -0.1) is 0 Å². The Morgan fingerprint density at radius 2 is 2.04 bits per heavy atom. The summed E-state index contributed by atoms with van der Waals surface area (Å²) in [6.45, 7) is 9.28. The van der Waals surface area contributed by atoms with Gasteiger partial charge >= 0.3 is 0 Å². The average Bonchev–Trinajstić information content (AvgIpc) is 2.65. The molecule has 5 atom stereocenters. The second-order valence-corrected chi connectivity index (χ2v) is 6.33. The number of hydrogen-bond donors (Lipinski definition) is 1. The van der Waals surface area contributed by atoms with E-state index in [0.29, 0.717) is 5.57 Å². The molecule has 0 aromatic heterocycles. The van der Waals surface area contributed by atoms with Gasteiger partial charge in [-0.3, -0.25) is 9.59 Å². The first-order valence-corrected chi connectivity index (χ1v) is 8.39. The second kappa shape index (κ2) is 8.18. The van der Waals surface area contributed by atoms with Crippen LogP contribution in [0, 0.1) is 11.3 Å². The van der Waals surface area contributed by atoms with E-state index in [2.05, 4.69) is 0 Å². The maximum atomic E-state index is 12.4. The zero-order valence-corrected chi connectivity index (χ0v) is 15.1. The first-order chi connectivity index (χ1) is 10.9. The minimum absolute atomic E-state index is 0.0152. The number of hydrogen-bond acceptors (Lipinski definition) is 5. The first kappa shape index (κ1) is 20.0. The van der Waals surface area contributed by atoms with Crippen LogP contribution in [0.5, 0.6) is 0 Å². The highest BCUT2D eigenvalue weighted by atomic mass is 16.5. The van der Waals surface area contributed by atoms with Crippen molar-refractivity contribution in [2.75, 3.05) is 13.7 Å². The lowest BCUT2D eigenvalue weighted by Gasteiger charge is -2.43. The maximum absolute atomic E-state index is 12.4. The number of fused-ring (bicyclic) bond motifs is 1. The molecule has 1 N–H and O–H groups in total. The second-order valence-electron chi connectivity index (χ2n) is 6.33. The van der Waals surface area contributed by atoms with Gasteiger partial charge in [0.05, 0.1) is 18.8 Å². The molecule has 5 nitrogen and oxygen atoms in total. The number of rotatable bonds is 3. The van der Waals surface area contributed by atoms with E-state index in [0.717, 1.165) is 0 Å². The normalized spacial score (nSPS) is 35.4. The van der Waals surface area contributed by atoms with Gasteiger partial charge in [0.15, 0.2) is 11.6 Å². The number of allylic oxidation sites excluding steroid dienone is 1. The Hall–Kier alpha value is -1.04. The molecule has 1 saturated heterocycles. The fourth-order valence-corrected chi connectivity index (χ4v) is 3.31. The Bertz CT molecular complexity index is 470. The van der Waals surface area contributed by atoms with E-state index in [-0.39, 0.29) is 43.0 Å². The molecule has 0 bridgehead atoms. The highest BCUT2D eigenvalue weighted by Gasteiger charge is 2.52. The van der Waals surface area contributed by atoms with Gasteiger partial charge in [0.1, 0.15) is 6.10 Å². The summed E-state index contributed by atoms with van der Waals surface area (Å²) in [7, 11) is 1.54. The van der Waals surface area contributed by atoms with Crippen molar-refractivity contribution in [3.05, 3.63) is 11.6 Å². The van der Waals surface area contributed by atoms with Crippen LogP contribution in [0.4, 0.5) is 0 Å². The van der Waals surface area contributed by atoms with E-state index < -0.39 is 17.6 Å². The van der Waals surface area contributed by atoms with Gasteiger partial charge in [-0.1, -0.05) is 20.8 Å². The summed E-state index contributed by atoms with van der Waals surface area (Å²) in [4.78, 5) is 24.5. The largest absolute Gasteiger partial charge is 0.396 e. The zero-order valence-electron chi connectivity index (χ0n) is 15.1. The Labute approximate surface area is 139 Å². The highest BCUT2D eigenvalue weighted by Crippen LogP contribution is 2.46. The molecule has 0 amide bonds. The summed E-state index contributed by atoms with van der Waals surface area (Å²) in [5.74, 6) is -0.138. The molecule has 2 rings (SSSR count). The molecule has 132 valence electrons. The monoisotopic (exact) mass is 326 g/mol. The highest BCUT2D eigenvalue weighted by molar-refractivity contribution is 5.96. The molecule has 0 radical (unpaired) electrons. The molecule has 1 aliphatic heterocycles. The van der Waals surface area contributed by atoms with E-state index in [9.17, 15) is 14.7 Å². The third-order valence-corrected chi connectivity index (χ3v) is 5.09. The third-order valence-electron chi connectivity index (χ3n) is 5.09. The number of carbonyl (C=O) groups is 2. The van der Waals surface area contributed by atoms with Crippen LogP contribution in [-0.4, -0.2) is 48.7 Å². The van der Waals surface area contributed by atoms with Gasteiger partial charge in [0, 0.05) is 25.4 Å². The van der Waals surface area contributed by atoms with Crippen LogP contribution in [0.15, 0.2) is 11.6 Å². The van der Waals surface area contributed by atoms with E-state index in [1.54, 1.807) is 27.0 Å². The van der Waals surface area contributed by atoms with Gasteiger partial charge < -0.3 is 14.6 Å². The lowest BCUT2D eigenvalue weighted by Crippen LogP contribution is -2.48. The Morgan fingerprint density at radius 3 is 2.57 bits per heavy atom. The van der Waals surface area contributed by atoms with E-state index in [1.807, 2.05) is 20.8 Å². The summed E-state index contributed by atoms with van der Waals surface area (Å²) >= 11 is 0. The van der Waals surface area contributed by atoms with Crippen LogP contribution in [0.2, 0.25) is 0 Å². The Kier molecular flexibility index (Phi) is 7.11. The van der Waals surface area contributed by atoms with Crippen LogP contribution in [0.3, 0.4) is 0 Å². The predicted molar refractivity (Wildman–Crippen MR) is 88.2 cm³/mol. The summed E-state index contributed by atoms with van der Waals surface area (Å²) in [5.41, 5.74) is -0.0801. The molecule has 1 heterocycles. The number of ketones is 2. The van der Waals surface area contributed by atoms with Crippen molar-refractivity contribution >= 4 is 11.6 Å². The molecule has 4 unspecified atom stereocenters. The number of ether oxygens (including phenoxy) is 2. The number of Topliss-reactive ketones (excluding diaryl/α,β-unsaturated/α-hetero) is 2. The lowest BCUT2D eigenvalue weighted by molar-refractivity contribution is -0.149. The molecule has 23 heavy (non-hydrogen) atoms. The fourth-order valence-electron chi connectivity index (χ4n) is 3.31. The number of aliphatic hydroxyl groups excluding tert-OH is 1. The van der Waals surface area contributed by atoms with Crippen LogP contribution in [0.25, 0.3) is 0 Å². The molecular formula is C18H30O5. The van der Waals surface area contributed by atoms with Gasteiger partial charge in [-0.25, -0.2) is 0 Å². The SMILES string of the molecule is CC.COC(C)C1OC2C=C(C)C(=O)C[C@]2(CO)C(C)CC1=O. The van der Waals surface area contributed by atoms with Crippen LogP contribution in [-0.2, 0) is 19.1 Å². The van der Waals surface area contributed by atoms with Gasteiger partial charge in [0.25, 0.3) is 0 Å². The zero-order chi connectivity index (χ0) is 17.8. The minimum Gasteiger partial charge on any atom is -0.396 e. The molecule has 0 saturated carbocycles. The first-order valence-electron chi connectivity index (χ1n) is 8.39. The molecule has 0 spiro atoms. The third kappa shape index (κ3) is 3.73. The summed E-state index contributed by atoms with van der Waals surface area (Å²) < 4.78 is 11.2. The standard InChI is InChI=1S/C16H24O5.C2H6/c1-9-5-14-16(8-17,7-13(9)19)10(2)6-12(18)15(21-14)11(3)20-4;1-2/h5,10-11,14-15,17H,6-8H2,1-4H3;1-2H3/t10?,11?,14?,15?,16-;/m0./s1. The fraction of sp³-hybridized carbons (Fsp3) is 0.778. The van der Waals surface area contributed by atoms with Crippen LogP contribution >= 0.6 is 0 Å². The predicted octanol–water partition coefficient (Wildman–Crippen LogP) is 2.31. The van der Waals surface area contributed by atoms with Crippen molar-refractivity contribution in [3.8, 4) is 0 Å². The van der Waals surface area contributed by atoms with Crippen molar-refractivity contribution in [2.24, 2.45) is 11.3 Å². The van der Waals surface area contributed by atoms with Crippen LogP contribution < -0.4 is 0 Å². The summed E-state index contributed by atoms with van der Waals surface area (Å²) in [5, 5.41) is 9.94. The van der Waals surface area contributed by atoms with Crippen molar-refractivity contribution in [1.82, 2.24) is 0 Å². The van der Waals surface area contributed by atoms with E-state index in [1.165, 1.54) is 0 Å². The van der Waals surface area contributed by atoms with Gasteiger partial charge in [0.2, 0.25) is 0 Å². The number of methoxy groups -OCH3 is 1.